The zero-order valence-corrected chi connectivity index (χ0v) is 11.9. The van der Waals surface area contributed by atoms with Crippen LogP contribution >= 0.6 is 0 Å². The topological polar surface area (TPSA) is 58.1 Å². The van der Waals surface area contributed by atoms with E-state index in [1.807, 2.05) is 31.2 Å². The molecule has 0 aliphatic heterocycles. The molecule has 0 atom stereocenters. The van der Waals surface area contributed by atoms with Crippen LogP contribution in [0.5, 0.6) is 0 Å². The number of amides is 1. The molecule has 20 heavy (non-hydrogen) atoms. The number of nitrogens with one attached hydrogen (secondary N) is 1. The Morgan fingerprint density at radius 2 is 1.95 bits per heavy atom. The maximum Gasteiger partial charge on any atom is 0.274 e. The highest BCUT2D eigenvalue weighted by Gasteiger charge is 2.14. The third kappa shape index (κ3) is 3.32. The van der Waals surface area contributed by atoms with E-state index in [1.54, 1.807) is 25.2 Å². The van der Waals surface area contributed by atoms with E-state index in [-0.39, 0.29) is 5.91 Å². The van der Waals surface area contributed by atoms with E-state index < -0.39 is 0 Å². The predicted molar refractivity (Wildman–Crippen MR) is 78.6 cm³/mol. The summed E-state index contributed by atoms with van der Waals surface area (Å²) in [5.41, 5.74) is 2.63. The van der Waals surface area contributed by atoms with Gasteiger partial charge in [-0.05, 0) is 12.5 Å². The Labute approximate surface area is 118 Å². The number of carbonyl (C=O) groups excluding carboxylic acids is 1. The number of aromatic nitrogens is 2. The second kappa shape index (κ2) is 6.14. The Morgan fingerprint density at radius 1 is 1.25 bits per heavy atom. The van der Waals surface area contributed by atoms with Gasteiger partial charge in [-0.2, -0.15) is 0 Å². The first-order chi connectivity index (χ1) is 9.60. The first-order valence-corrected chi connectivity index (χ1v) is 6.41. The molecule has 0 aliphatic rings. The first kappa shape index (κ1) is 14.0. The largest absolute Gasteiger partial charge is 0.372 e. The van der Waals surface area contributed by atoms with Gasteiger partial charge >= 0.3 is 0 Å². The van der Waals surface area contributed by atoms with Gasteiger partial charge in [0.05, 0.1) is 12.4 Å². The van der Waals surface area contributed by atoms with Crippen molar-refractivity contribution >= 4 is 11.7 Å². The molecule has 0 fully saturated rings. The fourth-order valence-corrected chi connectivity index (χ4v) is 1.82. The summed E-state index contributed by atoms with van der Waals surface area (Å²) in [6, 6.07) is 8.12. The minimum atomic E-state index is -0.143. The quantitative estimate of drug-likeness (QED) is 0.924. The van der Waals surface area contributed by atoms with Crippen molar-refractivity contribution in [2.24, 2.45) is 0 Å². The number of hydrogen-bond donors (Lipinski definition) is 1. The average Bonchev–Trinajstić information content (AvgIpc) is 2.48. The van der Waals surface area contributed by atoms with E-state index in [0.29, 0.717) is 18.1 Å². The third-order valence-electron chi connectivity index (χ3n) is 3.00. The molecule has 0 saturated heterocycles. The van der Waals surface area contributed by atoms with Crippen molar-refractivity contribution in [1.82, 2.24) is 14.9 Å². The van der Waals surface area contributed by atoms with E-state index in [9.17, 15) is 4.79 Å². The third-order valence-corrected chi connectivity index (χ3v) is 3.00. The Morgan fingerprint density at radius 3 is 2.60 bits per heavy atom. The Hall–Kier alpha value is -2.43. The number of benzene rings is 1. The zero-order chi connectivity index (χ0) is 14.5. The lowest BCUT2D eigenvalue weighted by molar-refractivity contribution is 0.0779. The lowest BCUT2D eigenvalue weighted by Crippen LogP contribution is -2.27. The second-order valence-corrected chi connectivity index (χ2v) is 4.69. The smallest absolute Gasteiger partial charge is 0.274 e. The van der Waals surface area contributed by atoms with E-state index in [4.69, 9.17) is 0 Å². The summed E-state index contributed by atoms with van der Waals surface area (Å²) in [6.07, 6.45) is 3.06. The molecule has 5 heteroatoms. The van der Waals surface area contributed by atoms with Crippen molar-refractivity contribution in [2.75, 3.05) is 19.4 Å². The van der Waals surface area contributed by atoms with Crippen LogP contribution < -0.4 is 5.32 Å². The maximum absolute atomic E-state index is 12.3. The van der Waals surface area contributed by atoms with Crippen molar-refractivity contribution in [1.29, 1.82) is 0 Å². The predicted octanol–water partition coefficient (Wildman–Crippen LogP) is 2.10. The normalized spacial score (nSPS) is 10.2. The van der Waals surface area contributed by atoms with Crippen molar-refractivity contribution in [3.05, 3.63) is 53.5 Å². The highest BCUT2D eigenvalue weighted by Crippen LogP contribution is 2.09. The lowest BCUT2D eigenvalue weighted by Gasteiger charge is -2.17. The van der Waals surface area contributed by atoms with Crippen molar-refractivity contribution in [3.8, 4) is 0 Å². The number of nitrogens with zero attached hydrogens (tertiary/aromatic N) is 3. The molecule has 0 saturated carbocycles. The molecule has 2 aromatic rings. The molecule has 0 radical (unpaired) electrons. The summed E-state index contributed by atoms with van der Waals surface area (Å²) in [6.45, 7) is 2.59. The molecule has 1 aromatic carbocycles. The van der Waals surface area contributed by atoms with Gasteiger partial charge in [-0.1, -0.05) is 29.8 Å². The number of rotatable bonds is 4. The van der Waals surface area contributed by atoms with Crippen LogP contribution in [0.4, 0.5) is 5.82 Å². The molecule has 0 aliphatic carbocycles. The van der Waals surface area contributed by atoms with Gasteiger partial charge in [0.2, 0.25) is 0 Å². The van der Waals surface area contributed by atoms with Crippen LogP contribution in [0, 0.1) is 6.92 Å². The first-order valence-electron chi connectivity index (χ1n) is 6.41. The monoisotopic (exact) mass is 270 g/mol. The molecule has 0 bridgehead atoms. The van der Waals surface area contributed by atoms with E-state index >= 15 is 0 Å². The Balaban J connectivity index is 2.09. The molecule has 104 valence electrons. The van der Waals surface area contributed by atoms with Gasteiger partial charge in [0.15, 0.2) is 0 Å². The minimum absolute atomic E-state index is 0.143. The minimum Gasteiger partial charge on any atom is -0.372 e. The van der Waals surface area contributed by atoms with E-state index in [0.717, 1.165) is 5.56 Å². The van der Waals surface area contributed by atoms with E-state index in [1.165, 1.54) is 11.8 Å². The summed E-state index contributed by atoms with van der Waals surface area (Å²) in [5.74, 6) is 0.440. The average molecular weight is 270 g/mol. The van der Waals surface area contributed by atoms with Crippen LogP contribution in [-0.2, 0) is 6.54 Å². The molecular weight excluding hydrogens is 252 g/mol. The van der Waals surface area contributed by atoms with Gasteiger partial charge in [-0.25, -0.2) is 4.98 Å². The van der Waals surface area contributed by atoms with Crippen LogP contribution in [-0.4, -0.2) is 34.9 Å². The molecule has 0 unspecified atom stereocenters. The molecule has 1 aromatic heterocycles. The highest BCUT2D eigenvalue weighted by atomic mass is 16.2. The highest BCUT2D eigenvalue weighted by molar-refractivity contribution is 5.92. The number of hydrogen-bond acceptors (Lipinski definition) is 4. The summed E-state index contributed by atoms with van der Waals surface area (Å²) in [4.78, 5) is 22.1. The Bertz CT molecular complexity index is 595. The SMILES string of the molecule is CNc1cncc(C(=O)N(C)Cc2ccc(C)cc2)n1. The lowest BCUT2D eigenvalue weighted by atomic mass is 10.1. The van der Waals surface area contributed by atoms with Gasteiger partial charge < -0.3 is 10.2 Å². The number of carbonyl (C=O) groups is 1. The van der Waals surface area contributed by atoms with Gasteiger partial charge in [0.1, 0.15) is 11.5 Å². The van der Waals surface area contributed by atoms with Gasteiger partial charge in [0.25, 0.3) is 5.91 Å². The molecule has 0 spiro atoms. The van der Waals surface area contributed by atoms with Crippen LogP contribution in [0.25, 0.3) is 0 Å². The van der Waals surface area contributed by atoms with Crippen LogP contribution in [0.15, 0.2) is 36.7 Å². The van der Waals surface area contributed by atoms with E-state index in [2.05, 4.69) is 15.3 Å². The molecule has 5 nitrogen and oxygen atoms in total. The summed E-state index contributed by atoms with van der Waals surface area (Å²) < 4.78 is 0. The maximum atomic E-state index is 12.3. The number of aryl methyl sites for hydroxylation is 1. The van der Waals surface area contributed by atoms with Crippen molar-refractivity contribution in [3.63, 3.8) is 0 Å². The van der Waals surface area contributed by atoms with Crippen LogP contribution in [0.3, 0.4) is 0 Å². The van der Waals surface area contributed by atoms with Crippen molar-refractivity contribution < 1.29 is 4.79 Å². The summed E-state index contributed by atoms with van der Waals surface area (Å²) in [7, 11) is 3.50. The molecule has 1 N–H and O–H groups in total. The van der Waals surface area contributed by atoms with Crippen LogP contribution in [0.1, 0.15) is 21.6 Å². The fraction of sp³-hybridized carbons (Fsp3) is 0.267. The molecular formula is C15H18N4O. The molecule has 2 rings (SSSR count). The Kier molecular flexibility index (Phi) is 4.30. The van der Waals surface area contributed by atoms with Gasteiger partial charge in [-0.3, -0.25) is 9.78 Å². The van der Waals surface area contributed by atoms with Crippen molar-refractivity contribution in [2.45, 2.75) is 13.5 Å². The summed E-state index contributed by atoms with van der Waals surface area (Å²) in [5, 5.41) is 2.87. The zero-order valence-electron chi connectivity index (χ0n) is 11.9. The number of anilines is 1. The standard InChI is InChI=1S/C15H18N4O/c1-11-4-6-12(7-5-11)10-19(3)15(20)13-8-17-9-14(16-2)18-13/h4-9H,10H2,1-3H3,(H,16,18). The summed E-state index contributed by atoms with van der Waals surface area (Å²) >= 11 is 0. The van der Waals surface area contributed by atoms with Gasteiger partial charge in [-0.15, -0.1) is 0 Å². The fourth-order valence-electron chi connectivity index (χ4n) is 1.82. The van der Waals surface area contributed by atoms with Gasteiger partial charge in [0, 0.05) is 20.6 Å². The molecule has 1 amide bonds. The van der Waals surface area contributed by atoms with Crippen LogP contribution in [0.2, 0.25) is 0 Å². The molecule has 1 heterocycles. The second-order valence-electron chi connectivity index (χ2n) is 4.69.